The highest BCUT2D eigenvalue weighted by Gasteiger charge is 2.38. The van der Waals surface area contributed by atoms with E-state index < -0.39 is 0 Å². The maximum Gasteiger partial charge on any atom is 0.246 e. The minimum absolute atomic E-state index is 0.0880. The minimum Gasteiger partial charge on any atom is -0.336 e. The number of hydrogen-bond acceptors (Lipinski definition) is 2. The average molecular weight is 180 g/mol. The number of likely N-dealkylation sites (tertiary alicyclic amines) is 1. The first kappa shape index (κ1) is 8.75. The number of rotatable bonds is 1. The van der Waals surface area contributed by atoms with Gasteiger partial charge < -0.3 is 4.90 Å². The predicted octanol–water partition coefficient (Wildman–Crippen LogP) is 0.477. The van der Waals surface area contributed by atoms with Crippen molar-refractivity contribution in [2.24, 2.45) is 0 Å². The molecule has 2 bridgehead atoms. The lowest BCUT2D eigenvalue weighted by Gasteiger charge is -2.38. The Kier molecular flexibility index (Phi) is 2.12. The van der Waals surface area contributed by atoms with Crippen LogP contribution in [-0.2, 0) is 4.79 Å². The van der Waals surface area contributed by atoms with Gasteiger partial charge in [0, 0.05) is 25.2 Å². The van der Waals surface area contributed by atoms with Gasteiger partial charge in [-0.2, -0.15) is 0 Å². The summed E-state index contributed by atoms with van der Waals surface area (Å²) in [5.74, 6) is 0.0880. The molecule has 0 saturated carbocycles. The van der Waals surface area contributed by atoms with Gasteiger partial charge in [0.1, 0.15) is 0 Å². The van der Waals surface area contributed by atoms with Crippen LogP contribution in [0.1, 0.15) is 12.8 Å². The maximum atomic E-state index is 11.4. The molecule has 1 amide bonds. The monoisotopic (exact) mass is 180 g/mol. The van der Waals surface area contributed by atoms with Gasteiger partial charge in [0.25, 0.3) is 0 Å². The third-order valence-electron chi connectivity index (χ3n) is 3.33. The fraction of sp³-hybridized carbons (Fsp3) is 0.700. The molecule has 2 unspecified atom stereocenters. The first-order valence-corrected chi connectivity index (χ1v) is 4.85. The summed E-state index contributed by atoms with van der Waals surface area (Å²) in [6, 6.07) is 1.17. The Balaban J connectivity index is 2.06. The maximum absolute atomic E-state index is 11.4. The summed E-state index contributed by atoms with van der Waals surface area (Å²) in [7, 11) is 2.16. The molecule has 0 spiro atoms. The Morgan fingerprint density at radius 2 is 1.92 bits per heavy atom. The lowest BCUT2D eigenvalue weighted by molar-refractivity contribution is -0.129. The van der Waals surface area contributed by atoms with Gasteiger partial charge in [-0.25, -0.2) is 0 Å². The molecular formula is C10H16N2O. The molecule has 13 heavy (non-hydrogen) atoms. The minimum atomic E-state index is 0.0880. The molecular weight excluding hydrogens is 164 g/mol. The van der Waals surface area contributed by atoms with Crippen LogP contribution in [0.2, 0.25) is 0 Å². The van der Waals surface area contributed by atoms with Crippen molar-refractivity contribution in [3.8, 4) is 0 Å². The van der Waals surface area contributed by atoms with Gasteiger partial charge in [-0.3, -0.25) is 9.69 Å². The van der Waals surface area contributed by atoms with Gasteiger partial charge >= 0.3 is 0 Å². The molecule has 0 aromatic heterocycles. The number of carbonyl (C=O) groups is 1. The predicted molar refractivity (Wildman–Crippen MR) is 51.4 cm³/mol. The molecule has 0 radical (unpaired) electrons. The summed E-state index contributed by atoms with van der Waals surface area (Å²) < 4.78 is 0. The van der Waals surface area contributed by atoms with E-state index in [9.17, 15) is 4.79 Å². The Morgan fingerprint density at radius 3 is 2.38 bits per heavy atom. The van der Waals surface area contributed by atoms with E-state index in [1.165, 1.54) is 18.9 Å². The normalized spacial score (nSPS) is 33.5. The van der Waals surface area contributed by atoms with Gasteiger partial charge in [0.05, 0.1) is 0 Å². The van der Waals surface area contributed by atoms with Crippen LogP contribution in [0.15, 0.2) is 12.7 Å². The zero-order valence-electron chi connectivity index (χ0n) is 8.07. The van der Waals surface area contributed by atoms with Crippen molar-refractivity contribution in [3.63, 3.8) is 0 Å². The van der Waals surface area contributed by atoms with E-state index in [0.717, 1.165) is 13.1 Å². The van der Waals surface area contributed by atoms with Gasteiger partial charge in [-0.1, -0.05) is 6.58 Å². The Labute approximate surface area is 79.0 Å². The van der Waals surface area contributed by atoms with E-state index >= 15 is 0 Å². The van der Waals surface area contributed by atoms with E-state index in [0.29, 0.717) is 12.1 Å². The molecule has 0 aromatic rings. The van der Waals surface area contributed by atoms with Crippen molar-refractivity contribution in [2.45, 2.75) is 24.9 Å². The Morgan fingerprint density at radius 1 is 1.38 bits per heavy atom. The van der Waals surface area contributed by atoms with Crippen molar-refractivity contribution >= 4 is 5.91 Å². The second-order valence-electron chi connectivity index (χ2n) is 4.00. The third kappa shape index (κ3) is 1.37. The second kappa shape index (κ2) is 3.14. The number of likely N-dealkylation sites (N-methyl/N-ethyl adjacent to an activating group) is 1. The molecule has 0 aliphatic carbocycles. The molecule has 2 aliphatic heterocycles. The van der Waals surface area contributed by atoms with Crippen molar-refractivity contribution < 1.29 is 4.79 Å². The molecule has 2 rings (SSSR count). The molecule has 0 N–H and O–H groups in total. The first-order valence-electron chi connectivity index (χ1n) is 4.85. The third-order valence-corrected chi connectivity index (χ3v) is 3.33. The number of carbonyl (C=O) groups excluding carboxylic acids is 1. The van der Waals surface area contributed by atoms with Crippen molar-refractivity contribution in [2.75, 3.05) is 20.1 Å². The summed E-state index contributed by atoms with van der Waals surface area (Å²) in [6.45, 7) is 5.29. The fourth-order valence-electron chi connectivity index (χ4n) is 2.42. The van der Waals surface area contributed by atoms with Crippen LogP contribution in [0.3, 0.4) is 0 Å². The van der Waals surface area contributed by atoms with Crippen LogP contribution in [0.4, 0.5) is 0 Å². The zero-order chi connectivity index (χ0) is 9.42. The van der Waals surface area contributed by atoms with Crippen LogP contribution in [0, 0.1) is 0 Å². The quantitative estimate of drug-likeness (QED) is 0.548. The van der Waals surface area contributed by atoms with E-state index in [1.807, 2.05) is 4.90 Å². The molecule has 2 aliphatic rings. The summed E-state index contributed by atoms with van der Waals surface area (Å²) >= 11 is 0. The molecule has 2 atom stereocenters. The van der Waals surface area contributed by atoms with Gasteiger partial charge in [-0.05, 0) is 26.0 Å². The number of piperazine rings is 1. The van der Waals surface area contributed by atoms with E-state index in [4.69, 9.17) is 0 Å². The fourth-order valence-corrected chi connectivity index (χ4v) is 2.42. The molecule has 2 fully saturated rings. The lowest BCUT2D eigenvalue weighted by atomic mass is 10.2. The largest absolute Gasteiger partial charge is 0.336 e. The summed E-state index contributed by atoms with van der Waals surface area (Å²) in [5.41, 5.74) is 0. The van der Waals surface area contributed by atoms with E-state index in [1.54, 1.807) is 0 Å². The highest BCUT2D eigenvalue weighted by molar-refractivity contribution is 5.87. The zero-order valence-corrected chi connectivity index (χ0v) is 8.07. The van der Waals surface area contributed by atoms with Gasteiger partial charge in [0.15, 0.2) is 0 Å². The number of hydrogen-bond donors (Lipinski definition) is 0. The lowest BCUT2D eigenvalue weighted by Crippen LogP contribution is -2.53. The standard InChI is InChI=1S/C10H16N2O/c1-3-10(13)12-6-8-4-5-9(7-12)11(8)2/h3,8-9H,1,4-7H2,2H3. The molecule has 72 valence electrons. The SMILES string of the molecule is C=CC(=O)N1CC2CCC(C1)N2C. The molecule has 2 saturated heterocycles. The van der Waals surface area contributed by atoms with Crippen LogP contribution in [0.25, 0.3) is 0 Å². The summed E-state index contributed by atoms with van der Waals surface area (Å²) in [5, 5.41) is 0. The highest BCUT2D eigenvalue weighted by Crippen LogP contribution is 2.28. The number of fused-ring (bicyclic) bond motifs is 2. The Bertz CT molecular complexity index is 225. The van der Waals surface area contributed by atoms with E-state index in [-0.39, 0.29) is 5.91 Å². The topological polar surface area (TPSA) is 23.6 Å². The van der Waals surface area contributed by atoms with Gasteiger partial charge in [-0.15, -0.1) is 0 Å². The number of nitrogens with zero attached hydrogens (tertiary/aromatic N) is 2. The van der Waals surface area contributed by atoms with Crippen molar-refractivity contribution in [1.82, 2.24) is 9.80 Å². The van der Waals surface area contributed by atoms with Crippen molar-refractivity contribution in [3.05, 3.63) is 12.7 Å². The second-order valence-corrected chi connectivity index (χ2v) is 4.00. The molecule has 3 nitrogen and oxygen atoms in total. The van der Waals surface area contributed by atoms with E-state index in [2.05, 4.69) is 18.5 Å². The molecule has 3 heteroatoms. The smallest absolute Gasteiger partial charge is 0.246 e. The molecule has 2 heterocycles. The first-order chi connectivity index (χ1) is 6.22. The number of amides is 1. The van der Waals surface area contributed by atoms with Crippen LogP contribution < -0.4 is 0 Å². The van der Waals surface area contributed by atoms with Crippen LogP contribution in [0.5, 0.6) is 0 Å². The Hall–Kier alpha value is -0.830. The summed E-state index contributed by atoms with van der Waals surface area (Å²) in [6.07, 6.45) is 3.90. The van der Waals surface area contributed by atoms with Crippen molar-refractivity contribution in [1.29, 1.82) is 0 Å². The summed E-state index contributed by atoms with van der Waals surface area (Å²) in [4.78, 5) is 15.7. The van der Waals surface area contributed by atoms with Gasteiger partial charge in [0.2, 0.25) is 5.91 Å². The highest BCUT2D eigenvalue weighted by atomic mass is 16.2. The molecule has 0 aromatic carbocycles. The average Bonchev–Trinajstić information content (AvgIpc) is 2.42. The van der Waals surface area contributed by atoms with Crippen LogP contribution >= 0.6 is 0 Å². The van der Waals surface area contributed by atoms with Crippen LogP contribution in [-0.4, -0.2) is 47.9 Å².